The molecular weight excluding hydrogens is 220 g/mol. The van der Waals surface area contributed by atoms with E-state index in [-0.39, 0.29) is 25.6 Å². The first-order chi connectivity index (χ1) is 6.92. The molecule has 2 aromatic rings. The van der Waals surface area contributed by atoms with Gasteiger partial charge in [-0.05, 0) is 12.1 Å². The van der Waals surface area contributed by atoms with Gasteiger partial charge in [0, 0.05) is 6.20 Å². The van der Waals surface area contributed by atoms with Crippen LogP contribution in [0.25, 0.3) is 11.0 Å². The zero-order valence-corrected chi connectivity index (χ0v) is 8.62. The lowest BCUT2D eigenvalue weighted by atomic mass is 10.4. The molecule has 0 aliphatic rings. The van der Waals surface area contributed by atoms with Crippen LogP contribution in [0.1, 0.15) is 0 Å². The number of anilines is 1. The second kappa shape index (κ2) is 5.50. The second-order valence-corrected chi connectivity index (χ2v) is 2.65. The molecule has 0 saturated heterocycles. The topological polar surface area (TPSA) is 83.1 Å². The van der Waals surface area contributed by atoms with Crippen molar-refractivity contribution in [1.29, 1.82) is 0 Å². The van der Waals surface area contributed by atoms with E-state index >= 15 is 0 Å². The molecule has 0 aliphatic carbocycles. The van der Waals surface area contributed by atoms with Gasteiger partial charge in [0.2, 0.25) is 0 Å². The number of aliphatic hydroxyl groups excluding tert-OH is 1. The molecule has 82 valence electrons. The van der Waals surface area contributed by atoms with Crippen LogP contribution in [-0.4, -0.2) is 33.5 Å². The molecule has 15 heavy (non-hydrogen) atoms. The number of nitrogens with zero attached hydrogens (tertiary/aromatic N) is 2. The maximum absolute atomic E-state index is 8.50. The standard InChI is InChI=1S/C8H10N4O2.ClH/c13-4-5-14-12-8-7-6(10-11-8)2-1-3-9-7;/h1-3,13H,4-5H2,(H2,10,11,12);1H. The number of rotatable bonds is 4. The van der Waals surface area contributed by atoms with Crippen LogP contribution >= 0.6 is 12.4 Å². The first-order valence-electron chi connectivity index (χ1n) is 4.19. The van der Waals surface area contributed by atoms with E-state index < -0.39 is 0 Å². The number of halogens is 1. The molecule has 7 heteroatoms. The van der Waals surface area contributed by atoms with Crippen LogP contribution in [0.15, 0.2) is 18.3 Å². The number of pyridine rings is 1. The summed E-state index contributed by atoms with van der Waals surface area (Å²) in [5.74, 6) is 0.522. The van der Waals surface area contributed by atoms with E-state index in [1.165, 1.54) is 0 Å². The molecule has 6 nitrogen and oxygen atoms in total. The summed E-state index contributed by atoms with van der Waals surface area (Å²) in [5.41, 5.74) is 4.15. The Hall–Kier alpha value is -1.37. The van der Waals surface area contributed by atoms with Gasteiger partial charge in [-0.15, -0.1) is 12.4 Å². The Labute approximate surface area is 92.0 Å². The third-order valence-corrected chi connectivity index (χ3v) is 1.68. The number of aromatic amines is 1. The Balaban J connectivity index is 0.00000112. The minimum atomic E-state index is -0.0389. The summed E-state index contributed by atoms with van der Waals surface area (Å²) >= 11 is 0. The molecule has 0 saturated carbocycles. The van der Waals surface area contributed by atoms with E-state index in [0.717, 1.165) is 5.52 Å². The van der Waals surface area contributed by atoms with E-state index in [2.05, 4.69) is 20.7 Å². The number of aliphatic hydroxyl groups is 1. The van der Waals surface area contributed by atoms with Gasteiger partial charge < -0.3 is 5.11 Å². The van der Waals surface area contributed by atoms with Crippen molar-refractivity contribution in [2.75, 3.05) is 18.7 Å². The zero-order chi connectivity index (χ0) is 9.80. The SMILES string of the molecule is Cl.OCCONc1n[nH]c2cccnc12. The fourth-order valence-electron chi connectivity index (χ4n) is 1.09. The highest BCUT2D eigenvalue weighted by molar-refractivity contribution is 5.85. The quantitative estimate of drug-likeness (QED) is 0.532. The van der Waals surface area contributed by atoms with Gasteiger partial charge in [-0.25, -0.2) is 5.48 Å². The van der Waals surface area contributed by atoms with E-state index in [1.54, 1.807) is 6.20 Å². The Morgan fingerprint density at radius 2 is 2.40 bits per heavy atom. The molecule has 2 rings (SSSR count). The molecule has 2 aromatic heterocycles. The average molecular weight is 231 g/mol. The smallest absolute Gasteiger partial charge is 0.198 e. The molecule has 0 fully saturated rings. The van der Waals surface area contributed by atoms with E-state index in [9.17, 15) is 0 Å². The molecule has 0 atom stereocenters. The van der Waals surface area contributed by atoms with Gasteiger partial charge in [0.1, 0.15) is 5.52 Å². The van der Waals surface area contributed by atoms with Gasteiger partial charge in [0.05, 0.1) is 18.7 Å². The number of nitrogens with one attached hydrogen (secondary N) is 2. The van der Waals surface area contributed by atoms with Crippen LogP contribution in [0.5, 0.6) is 0 Å². The van der Waals surface area contributed by atoms with Gasteiger partial charge in [-0.1, -0.05) is 0 Å². The van der Waals surface area contributed by atoms with Crippen molar-refractivity contribution >= 4 is 29.3 Å². The largest absolute Gasteiger partial charge is 0.394 e. The lowest BCUT2D eigenvalue weighted by molar-refractivity contribution is 0.132. The van der Waals surface area contributed by atoms with Crippen molar-refractivity contribution in [3.05, 3.63) is 18.3 Å². The lowest BCUT2D eigenvalue weighted by Crippen LogP contribution is -2.06. The number of aromatic nitrogens is 3. The first kappa shape index (κ1) is 11.7. The van der Waals surface area contributed by atoms with Crippen molar-refractivity contribution in [3.63, 3.8) is 0 Å². The summed E-state index contributed by atoms with van der Waals surface area (Å²) in [5, 5.41) is 15.3. The molecule has 0 spiro atoms. The number of fused-ring (bicyclic) bond motifs is 1. The van der Waals surface area contributed by atoms with Crippen molar-refractivity contribution in [3.8, 4) is 0 Å². The van der Waals surface area contributed by atoms with Crippen LogP contribution in [0.2, 0.25) is 0 Å². The van der Waals surface area contributed by atoms with Crippen molar-refractivity contribution in [1.82, 2.24) is 15.2 Å². The molecule has 0 bridgehead atoms. The zero-order valence-electron chi connectivity index (χ0n) is 7.80. The highest BCUT2D eigenvalue weighted by Crippen LogP contribution is 2.16. The van der Waals surface area contributed by atoms with Crippen LogP contribution < -0.4 is 5.48 Å². The Kier molecular flexibility index (Phi) is 4.29. The number of H-pyrrole nitrogens is 1. The second-order valence-electron chi connectivity index (χ2n) is 2.65. The van der Waals surface area contributed by atoms with E-state index in [1.807, 2.05) is 12.1 Å². The fourth-order valence-corrected chi connectivity index (χ4v) is 1.09. The highest BCUT2D eigenvalue weighted by Gasteiger charge is 2.04. The summed E-state index contributed by atoms with van der Waals surface area (Å²) in [4.78, 5) is 9.03. The molecule has 2 heterocycles. The predicted molar refractivity (Wildman–Crippen MR) is 57.8 cm³/mol. The maximum atomic E-state index is 8.50. The molecule has 0 aromatic carbocycles. The summed E-state index contributed by atoms with van der Waals surface area (Å²) in [6.07, 6.45) is 1.68. The molecule has 0 radical (unpaired) electrons. The van der Waals surface area contributed by atoms with Gasteiger partial charge in [0.25, 0.3) is 0 Å². The van der Waals surface area contributed by atoms with Crippen LogP contribution in [-0.2, 0) is 4.84 Å². The third kappa shape index (κ3) is 2.56. The lowest BCUT2D eigenvalue weighted by Gasteiger charge is -2.00. The van der Waals surface area contributed by atoms with Crippen molar-refractivity contribution < 1.29 is 9.94 Å². The molecule has 0 amide bonds. The number of hydrogen-bond donors (Lipinski definition) is 3. The average Bonchev–Trinajstić information content (AvgIpc) is 2.63. The summed E-state index contributed by atoms with van der Waals surface area (Å²) < 4.78 is 0. The monoisotopic (exact) mass is 230 g/mol. The fraction of sp³-hybridized carbons (Fsp3) is 0.250. The van der Waals surface area contributed by atoms with Gasteiger partial charge >= 0.3 is 0 Å². The third-order valence-electron chi connectivity index (χ3n) is 1.68. The Bertz CT molecular complexity index is 420. The molecule has 0 aliphatic heterocycles. The van der Waals surface area contributed by atoms with Crippen molar-refractivity contribution in [2.45, 2.75) is 0 Å². The van der Waals surface area contributed by atoms with Gasteiger partial charge in [0.15, 0.2) is 5.82 Å². The Morgan fingerprint density at radius 3 is 3.20 bits per heavy atom. The predicted octanol–water partition coefficient (Wildman–Crippen LogP) is 0.715. The number of hydrogen-bond acceptors (Lipinski definition) is 5. The minimum absolute atomic E-state index is 0. The van der Waals surface area contributed by atoms with E-state index in [0.29, 0.717) is 11.3 Å². The van der Waals surface area contributed by atoms with Crippen LogP contribution in [0, 0.1) is 0 Å². The molecule has 3 N–H and O–H groups in total. The van der Waals surface area contributed by atoms with Crippen molar-refractivity contribution in [2.24, 2.45) is 0 Å². The Morgan fingerprint density at radius 1 is 1.53 bits per heavy atom. The minimum Gasteiger partial charge on any atom is -0.394 e. The van der Waals surface area contributed by atoms with Gasteiger partial charge in [-0.3, -0.25) is 14.9 Å². The van der Waals surface area contributed by atoms with E-state index in [4.69, 9.17) is 9.94 Å². The first-order valence-corrected chi connectivity index (χ1v) is 4.19. The normalized spacial score (nSPS) is 9.93. The van der Waals surface area contributed by atoms with Gasteiger partial charge in [-0.2, -0.15) is 5.10 Å². The molecule has 0 unspecified atom stereocenters. The van der Waals surface area contributed by atoms with Crippen LogP contribution in [0.3, 0.4) is 0 Å². The summed E-state index contributed by atoms with van der Waals surface area (Å²) in [7, 11) is 0. The van der Waals surface area contributed by atoms with Crippen LogP contribution in [0.4, 0.5) is 5.82 Å². The summed E-state index contributed by atoms with van der Waals surface area (Å²) in [6, 6.07) is 3.69. The highest BCUT2D eigenvalue weighted by atomic mass is 35.5. The molecular formula is C8H11ClN4O2. The summed E-state index contributed by atoms with van der Waals surface area (Å²) in [6.45, 7) is 0.171. The maximum Gasteiger partial charge on any atom is 0.198 e.